The van der Waals surface area contributed by atoms with Crippen molar-refractivity contribution in [3.05, 3.63) is 83.7 Å². The van der Waals surface area contributed by atoms with E-state index in [1.165, 1.54) is 22.4 Å². The molecule has 3 aromatic carbocycles. The highest BCUT2D eigenvalue weighted by molar-refractivity contribution is 7.80. The summed E-state index contributed by atoms with van der Waals surface area (Å²) in [4.78, 5) is 4.72. The SMILES string of the molecule is Cc1ccc2nc(-c3ccc(NC(=S)NCc4ccc(F)cc4)cc3)sc2c1. The molecule has 0 aliphatic rings. The zero-order valence-electron chi connectivity index (χ0n) is 15.2. The van der Waals surface area contributed by atoms with Gasteiger partial charge in [-0.3, -0.25) is 0 Å². The predicted molar refractivity (Wildman–Crippen MR) is 119 cm³/mol. The zero-order valence-corrected chi connectivity index (χ0v) is 16.8. The van der Waals surface area contributed by atoms with E-state index < -0.39 is 0 Å². The van der Waals surface area contributed by atoms with Gasteiger partial charge in [0.2, 0.25) is 0 Å². The van der Waals surface area contributed by atoms with Crippen LogP contribution in [0, 0.1) is 12.7 Å². The summed E-state index contributed by atoms with van der Waals surface area (Å²) in [7, 11) is 0. The number of fused-ring (bicyclic) bond motifs is 1. The van der Waals surface area contributed by atoms with Gasteiger partial charge in [0.1, 0.15) is 10.8 Å². The number of thiocarbonyl (C=S) groups is 1. The summed E-state index contributed by atoms with van der Waals surface area (Å²) < 4.78 is 14.1. The number of anilines is 1. The van der Waals surface area contributed by atoms with Gasteiger partial charge < -0.3 is 10.6 Å². The van der Waals surface area contributed by atoms with Crippen molar-refractivity contribution in [2.45, 2.75) is 13.5 Å². The Kier molecular flexibility index (Phi) is 5.32. The van der Waals surface area contributed by atoms with Crippen LogP contribution in [0.3, 0.4) is 0 Å². The Morgan fingerprint density at radius 2 is 1.79 bits per heavy atom. The number of aromatic nitrogens is 1. The summed E-state index contributed by atoms with van der Waals surface area (Å²) in [6, 6.07) is 20.7. The molecule has 4 aromatic rings. The van der Waals surface area contributed by atoms with Gasteiger partial charge in [-0.1, -0.05) is 18.2 Å². The highest BCUT2D eigenvalue weighted by Gasteiger charge is 2.07. The molecule has 0 fully saturated rings. The second kappa shape index (κ2) is 8.04. The molecule has 0 saturated heterocycles. The Labute approximate surface area is 172 Å². The highest BCUT2D eigenvalue weighted by atomic mass is 32.1. The van der Waals surface area contributed by atoms with E-state index in [1.54, 1.807) is 23.5 Å². The lowest BCUT2D eigenvalue weighted by atomic mass is 10.2. The van der Waals surface area contributed by atoms with Crippen LogP contribution >= 0.6 is 23.6 Å². The Morgan fingerprint density at radius 3 is 2.54 bits per heavy atom. The molecule has 0 aliphatic carbocycles. The smallest absolute Gasteiger partial charge is 0.171 e. The van der Waals surface area contributed by atoms with Crippen molar-refractivity contribution < 1.29 is 4.39 Å². The van der Waals surface area contributed by atoms with Gasteiger partial charge in [0.15, 0.2) is 5.11 Å². The molecule has 0 unspecified atom stereocenters. The van der Waals surface area contributed by atoms with Gasteiger partial charge in [-0.25, -0.2) is 9.37 Å². The number of halogens is 1. The molecule has 4 rings (SSSR count). The number of nitrogens with zero attached hydrogens (tertiary/aromatic N) is 1. The van der Waals surface area contributed by atoms with E-state index in [0.717, 1.165) is 27.3 Å². The average Bonchev–Trinajstić information content (AvgIpc) is 3.11. The molecule has 140 valence electrons. The lowest BCUT2D eigenvalue weighted by Gasteiger charge is -2.11. The number of hydrogen-bond acceptors (Lipinski definition) is 3. The monoisotopic (exact) mass is 407 g/mol. The highest BCUT2D eigenvalue weighted by Crippen LogP contribution is 2.31. The minimum atomic E-state index is -0.243. The summed E-state index contributed by atoms with van der Waals surface area (Å²) in [6.45, 7) is 2.63. The molecule has 0 radical (unpaired) electrons. The summed E-state index contributed by atoms with van der Waals surface area (Å²) in [6.07, 6.45) is 0. The molecule has 6 heteroatoms. The van der Waals surface area contributed by atoms with Gasteiger partial charge in [-0.15, -0.1) is 11.3 Å². The van der Waals surface area contributed by atoms with Gasteiger partial charge in [-0.05, 0) is 78.8 Å². The van der Waals surface area contributed by atoms with Crippen LogP contribution in [0.1, 0.15) is 11.1 Å². The summed E-state index contributed by atoms with van der Waals surface area (Å²) in [5.41, 5.74) is 5.21. The number of nitrogens with one attached hydrogen (secondary N) is 2. The quantitative estimate of drug-likeness (QED) is 0.413. The van der Waals surface area contributed by atoms with E-state index in [1.807, 2.05) is 24.3 Å². The van der Waals surface area contributed by atoms with E-state index in [2.05, 4.69) is 35.8 Å². The van der Waals surface area contributed by atoms with Crippen LogP contribution in [-0.4, -0.2) is 10.1 Å². The van der Waals surface area contributed by atoms with Crippen LogP contribution in [0.15, 0.2) is 66.7 Å². The summed E-state index contributed by atoms with van der Waals surface area (Å²) >= 11 is 7.03. The minimum Gasteiger partial charge on any atom is -0.358 e. The molecule has 1 heterocycles. The second-order valence-corrected chi connectivity index (χ2v) is 7.94. The van der Waals surface area contributed by atoms with Crippen molar-refractivity contribution in [1.29, 1.82) is 0 Å². The van der Waals surface area contributed by atoms with E-state index in [9.17, 15) is 4.39 Å². The maximum Gasteiger partial charge on any atom is 0.171 e. The minimum absolute atomic E-state index is 0.243. The molecule has 0 spiro atoms. The molecule has 0 aliphatic heterocycles. The summed E-state index contributed by atoms with van der Waals surface area (Å²) in [5.74, 6) is -0.243. The first-order valence-corrected chi connectivity index (χ1v) is 10.1. The number of rotatable bonds is 4. The topological polar surface area (TPSA) is 37.0 Å². The van der Waals surface area contributed by atoms with Gasteiger partial charge in [0.25, 0.3) is 0 Å². The van der Waals surface area contributed by atoms with Crippen LogP contribution in [0.2, 0.25) is 0 Å². The van der Waals surface area contributed by atoms with Gasteiger partial charge >= 0.3 is 0 Å². The molecule has 28 heavy (non-hydrogen) atoms. The molecule has 0 amide bonds. The Bertz CT molecular complexity index is 1120. The van der Waals surface area contributed by atoms with Crippen molar-refractivity contribution in [3.63, 3.8) is 0 Å². The standard InChI is InChI=1S/C22H18FN3S2/c1-14-2-11-19-20(12-14)28-21(26-19)16-5-9-18(10-6-16)25-22(27)24-13-15-3-7-17(23)8-4-15/h2-12H,13H2,1H3,(H2,24,25,27). The number of hydrogen-bond donors (Lipinski definition) is 2. The second-order valence-electron chi connectivity index (χ2n) is 6.50. The fourth-order valence-electron chi connectivity index (χ4n) is 2.81. The molecule has 1 aromatic heterocycles. The Hall–Kier alpha value is -2.83. The lowest BCUT2D eigenvalue weighted by Crippen LogP contribution is -2.27. The first-order valence-electron chi connectivity index (χ1n) is 8.84. The van der Waals surface area contributed by atoms with Crippen molar-refractivity contribution in [2.75, 3.05) is 5.32 Å². The fourth-order valence-corrected chi connectivity index (χ4v) is 4.07. The molecule has 0 saturated carbocycles. The van der Waals surface area contributed by atoms with Crippen LogP contribution in [0.5, 0.6) is 0 Å². The van der Waals surface area contributed by atoms with E-state index in [4.69, 9.17) is 17.2 Å². The van der Waals surface area contributed by atoms with Gasteiger partial charge in [-0.2, -0.15) is 0 Å². The maximum atomic E-state index is 12.9. The molecular weight excluding hydrogens is 389 g/mol. The van der Waals surface area contributed by atoms with Crippen LogP contribution < -0.4 is 10.6 Å². The van der Waals surface area contributed by atoms with Crippen LogP contribution in [0.25, 0.3) is 20.8 Å². The Morgan fingerprint density at radius 1 is 1.04 bits per heavy atom. The third-order valence-electron chi connectivity index (χ3n) is 4.30. The lowest BCUT2D eigenvalue weighted by molar-refractivity contribution is 0.627. The van der Waals surface area contributed by atoms with Gasteiger partial charge in [0.05, 0.1) is 10.2 Å². The number of thiazole rings is 1. The van der Waals surface area contributed by atoms with E-state index in [0.29, 0.717) is 11.7 Å². The normalized spacial score (nSPS) is 10.8. The number of benzene rings is 3. The Balaban J connectivity index is 1.39. The zero-order chi connectivity index (χ0) is 19.5. The molecule has 0 atom stereocenters. The molecule has 0 bridgehead atoms. The average molecular weight is 408 g/mol. The fraction of sp³-hybridized carbons (Fsp3) is 0.0909. The van der Waals surface area contributed by atoms with E-state index in [-0.39, 0.29) is 5.82 Å². The van der Waals surface area contributed by atoms with E-state index >= 15 is 0 Å². The summed E-state index contributed by atoms with van der Waals surface area (Å²) in [5, 5.41) is 7.81. The van der Waals surface area contributed by atoms with Crippen molar-refractivity contribution in [1.82, 2.24) is 10.3 Å². The van der Waals surface area contributed by atoms with Crippen LogP contribution in [-0.2, 0) is 6.54 Å². The third kappa shape index (κ3) is 4.35. The molecule has 3 nitrogen and oxygen atoms in total. The van der Waals surface area contributed by atoms with Crippen molar-refractivity contribution in [3.8, 4) is 10.6 Å². The first kappa shape index (κ1) is 18.5. The third-order valence-corrected chi connectivity index (χ3v) is 5.61. The molecule has 2 N–H and O–H groups in total. The van der Waals surface area contributed by atoms with Crippen molar-refractivity contribution in [2.24, 2.45) is 0 Å². The van der Waals surface area contributed by atoms with Crippen LogP contribution in [0.4, 0.5) is 10.1 Å². The maximum absolute atomic E-state index is 12.9. The predicted octanol–water partition coefficient (Wildman–Crippen LogP) is 5.90. The van der Waals surface area contributed by atoms with Gasteiger partial charge in [0, 0.05) is 17.8 Å². The first-order chi connectivity index (χ1) is 13.6. The van der Waals surface area contributed by atoms with Crippen molar-refractivity contribution >= 4 is 44.6 Å². The molecular formula is C22H18FN3S2. The largest absolute Gasteiger partial charge is 0.358 e. The number of aryl methyl sites for hydroxylation is 1.